The Morgan fingerprint density at radius 3 is 2.18 bits per heavy atom. The monoisotopic (exact) mass is 528 g/mol. The van der Waals surface area contributed by atoms with E-state index in [0.717, 1.165) is 0 Å². The van der Waals surface area contributed by atoms with E-state index in [4.69, 9.17) is 4.74 Å². The number of esters is 1. The van der Waals surface area contributed by atoms with Crippen molar-refractivity contribution in [2.24, 2.45) is 5.92 Å². The number of aliphatic hydroxyl groups excluding tert-OH is 1. The minimum Gasteiger partial charge on any atom is -0.456 e. The third-order valence-corrected chi connectivity index (χ3v) is 7.57. The summed E-state index contributed by atoms with van der Waals surface area (Å²) in [6, 6.07) is 5.39. The van der Waals surface area contributed by atoms with Gasteiger partial charge in [-0.15, -0.1) is 11.8 Å². The van der Waals surface area contributed by atoms with Crippen LogP contribution in [0.25, 0.3) is 0 Å². The van der Waals surface area contributed by atoms with E-state index in [9.17, 15) is 34.4 Å². The van der Waals surface area contributed by atoms with Crippen molar-refractivity contribution in [3.8, 4) is 0 Å². The number of carbonyl (C=O) groups is 4. The lowest BCUT2D eigenvalue weighted by Crippen LogP contribution is -2.63. The lowest BCUT2D eigenvalue weighted by Gasteiger charge is -2.48. The lowest BCUT2D eigenvalue weighted by molar-refractivity contribution is -0.384. The van der Waals surface area contributed by atoms with E-state index in [0.29, 0.717) is 34.8 Å². The zero-order chi connectivity index (χ0) is 25.6. The Morgan fingerprint density at radius 2 is 1.74 bits per heavy atom. The van der Waals surface area contributed by atoms with Gasteiger partial charge in [0.25, 0.3) is 5.69 Å². The number of non-ortho nitro benzene ring substituents is 1. The Bertz CT molecular complexity index is 992. The van der Waals surface area contributed by atoms with Gasteiger partial charge in [0, 0.05) is 26.0 Å². The van der Waals surface area contributed by atoms with E-state index < -0.39 is 44.4 Å². The maximum absolute atomic E-state index is 13.2. The van der Waals surface area contributed by atoms with Crippen LogP contribution in [0.1, 0.15) is 33.3 Å². The maximum Gasteiger partial charge on any atom is 0.357 e. The normalized spacial score (nSPS) is 18.0. The van der Waals surface area contributed by atoms with Crippen molar-refractivity contribution in [3.63, 3.8) is 0 Å². The number of hydrogen-bond acceptors (Lipinski definition) is 11. The number of rotatable bonds is 10. The van der Waals surface area contributed by atoms with Gasteiger partial charge in [-0.2, -0.15) is 0 Å². The van der Waals surface area contributed by atoms with E-state index in [1.807, 2.05) is 6.92 Å². The second-order valence-electron chi connectivity index (χ2n) is 7.14. The first-order valence-corrected chi connectivity index (χ1v) is 12.8. The SMILES string of the molecule is CCS[C@@H]1[C@@H]([C@@H](C)O)C(=O)N1C(C(=O)OCc1ccc([N+](=O)[O-])cc1)=C(SC(C)=O)SC(C)=O. The highest BCUT2D eigenvalue weighted by molar-refractivity contribution is 8.34. The molecular formula is C21H24N2O8S3. The van der Waals surface area contributed by atoms with Crippen molar-refractivity contribution in [2.75, 3.05) is 5.75 Å². The van der Waals surface area contributed by atoms with Crippen LogP contribution in [0, 0.1) is 16.0 Å². The number of hydrogen-bond donors (Lipinski definition) is 1. The first-order chi connectivity index (χ1) is 16.0. The molecular weight excluding hydrogens is 504 g/mol. The summed E-state index contributed by atoms with van der Waals surface area (Å²) in [7, 11) is 0. The molecule has 0 aliphatic carbocycles. The van der Waals surface area contributed by atoms with Crippen LogP contribution >= 0.6 is 35.3 Å². The molecule has 10 nitrogen and oxygen atoms in total. The number of nitro groups is 1. The van der Waals surface area contributed by atoms with Crippen molar-refractivity contribution in [3.05, 3.63) is 49.9 Å². The van der Waals surface area contributed by atoms with E-state index in [2.05, 4.69) is 0 Å². The molecule has 1 aromatic rings. The predicted molar refractivity (Wildman–Crippen MR) is 130 cm³/mol. The third kappa shape index (κ3) is 6.84. The van der Waals surface area contributed by atoms with Gasteiger partial charge in [0.05, 0.1) is 26.6 Å². The number of aliphatic hydroxyl groups is 1. The summed E-state index contributed by atoms with van der Waals surface area (Å²) >= 11 is 2.62. The quantitative estimate of drug-likeness (QED) is 0.157. The number of nitrogens with zero attached hydrogens (tertiary/aromatic N) is 2. The molecule has 0 bridgehead atoms. The van der Waals surface area contributed by atoms with Crippen LogP contribution in [0.4, 0.5) is 5.69 Å². The first-order valence-electron chi connectivity index (χ1n) is 10.1. The molecule has 34 heavy (non-hydrogen) atoms. The summed E-state index contributed by atoms with van der Waals surface area (Å²) in [4.78, 5) is 61.3. The molecule has 1 N–H and O–H groups in total. The summed E-state index contributed by atoms with van der Waals surface area (Å²) in [5.41, 5.74) is 0.105. The minimum absolute atomic E-state index is 0.00722. The Morgan fingerprint density at radius 1 is 1.18 bits per heavy atom. The number of amides is 1. The molecule has 13 heteroatoms. The topological polar surface area (TPSA) is 144 Å². The van der Waals surface area contributed by atoms with Gasteiger partial charge in [-0.1, -0.05) is 6.92 Å². The zero-order valence-electron chi connectivity index (χ0n) is 18.9. The molecule has 1 aliphatic rings. The predicted octanol–water partition coefficient (Wildman–Crippen LogP) is 3.28. The first kappa shape index (κ1) is 27.9. The third-order valence-electron chi connectivity index (χ3n) is 4.56. The molecule has 0 radical (unpaired) electrons. The molecule has 1 aromatic carbocycles. The number of carbonyl (C=O) groups excluding carboxylic acids is 4. The molecule has 0 aromatic heterocycles. The molecule has 184 valence electrons. The summed E-state index contributed by atoms with van der Waals surface area (Å²) in [5, 5.41) is 19.5. The highest BCUT2D eigenvalue weighted by atomic mass is 32.2. The highest BCUT2D eigenvalue weighted by Crippen LogP contribution is 2.44. The van der Waals surface area contributed by atoms with Crippen molar-refractivity contribution < 1.29 is 33.9 Å². The van der Waals surface area contributed by atoms with Crippen molar-refractivity contribution in [2.45, 2.75) is 45.8 Å². The second kappa shape index (κ2) is 12.4. The molecule has 1 fully saturated rings. The van der Waals surface area contributed by atoms with E-state index in [1.165, 1.54) is 61.7 Å². The Balaban J connectivity index is 2.43. The number of nitro benzene ring substituents is 1. The molecule has 3 atom stereocenters. The molecule has 0 unspecified atom stereocenters. The fourth-order valence-electron chi connectivity index (χ4n) is 3.11. The van der Waals surface area contributed by atoms with Gasteiger partial charge >= 0.3 is 5.97 Å². The Hall–Kier alpha value is -2.35. The number of ether oxygens (including phenoxy) is 1. The number of thioether (sulfide) groups is 3. The Kier molecular flexibility index (Phi) is 10.2. The van der Waals surface area contributed by atoms with Crippen molar-refractivity contribution in [1.29, 1.82) is 0 Å². The average Bonchev–Trinajstić information content (AvgIpc) is 2.74. The van der Waals surface area contributed by atoms with Crippen LogP contribution in [-0.4, -0.2) is 54.3 Å². The van der Waals surface area contributed by atoms with E-state index in [1.54, 1.807) is 0 Å². The molecule has 1 saturated heterocycles. The summed E-state index contributed by atoms with van der Waals surface area (Å²) in [6.07, 6.45) is -0.963. The average molecular weight is 529 g/mol. The van der Waals surface area contributed by atoms with Crippen LogP contribution in [-0.2, 0) is 30.5 Å². The zero-order valence-corrected chi connectivity index (χ0v) is 21.3. The van der Waals surface area contributed by atoms with Gasteiger partial charge in [-0.25, -0.2) is 4.79 Å². The van der Waals surface area contributed by atoms with Crippen LogP contribution < -0.4 is 0 Å². The van der Waals surface area contributed by atoms with Crippen LogP contribution in [0.3, 0.4) is 0 Å². The largest absolute Gasteiger partial charge is 0.456 e. The van der Waals surface area contributed by atoms with Crippen molar-refractivity contribution in [1.82, 2.24) is 4.90 Å². The molecule has 1 heterocycles. The highest BCUT2D eigenvalue weighted by Gasteiger charge is 2.53. The van der Waals surface area contributed by atoms with Gasteiger partial charge in [0.15, 0.2) is 15.9 Å². The minimum atomic E-state index is -0.963. The number of likely N-dealkylation sites (tertiary alicyclic amines) is 1. The molecule has 0 saturated carbocycles. The fraction of sp³-hybridized carbons (Fsp3) is 0.429. The van der Waals surface area contributed by atoms with Gasteiger partial charge in [0.2, 0.25) is 5.91 Å². The maximum atomic E-state index is 13.2. The van der Waals surface area contributed by atoms with E-state index >= 15 is 0 Å². The van der Waals surface area contributed by atoms with Gasteiger partial charge in [0.1, 0.15) is 6.61 Å². The lowest BCUT2D eigenvalue weighted by atomic mass is 9.92. The molecule has 2 rings (SSSR count). The number of β-lactam (4-membered cyclic amide) rings is 1. The van der Waals surface area contributed by atoms with Gasteiger partial charge in [-0.3, -0.25) is 29.4 Å². The fourth-order valence-corrected chi connectivity index (χ4v) is 6.31. The van der Waals surface area contributed by atoms with Crippen LogP contribution in [0.2, 0.25) is 0 Å². The van der Waals surface area contributed by atoms with E-state index in [-0.39, 0.29) is 22.2 Å². The smallest absolute Gasteiger partial charge is 0.357 e. The molecule has 1 aliphatic heterocycles. The van der Waals surface area contributed by atoms with Gasteiger partial charge in [-0.05, 0) is 53.9 Å². The van der Waals surface area contributed by atoms with Crippen LogP contribution in [0.15, 0.2) is 34.2 Å². The molecule has 0 spiro atoms. The summed E-state index contributed by atoms with van der Waals surface area (Å²) < 4.78 is 5.39. The molecule has 1 amide bonds. The standard InChI is InChI=1S/C21H24N2O8S3/c1-5-32-19-16(11(2)24)18(27)22(19)17(21(33-12(3)25)34-13(4)26)20(28)31-10-14-6-8-15(9-7-14)23(29)30/h6-9,11,16,19,24H,5,10H2,1-4H3/t11-,16+,19-/m1/s1. The summed E-state index contributed by atoms with van der Waals surface area (Å²) in [6.45, 7) is 5.61. The second-order valence-corrected chi connectivity index (χ2v) is 11.2. The Labute approximate surface area is 209 Å². The van der Waals surface area contributed by atoms with Crippen molar-refractivity contribution >= 4 is 63.1 Å². The number of benzene rings is 1. The van der Waals surface area contributed by atoms with Gasteiger partial charge < -0.3 is 9.84 Å². The van der Waals surface area contributed by atoms with Crippen LogP contribution in [0.5, 0.6) is 0 Å². The summed E-state index contributed by atoms with van der Waals surface area (Å²) in [5.74, 6) is -1.63.